The van der Waals surface area contributed by atoms with E-state index in [9.17, 15) is 4.79 Å². The first-order valence-electron chi connectivity index (χ1n) is 7.82. The molecule has 1 saturated heterocycles. The Bertz CT molecular complexity index is 619. The lowest BCUT2D eigenvalue weighted by Crippen LogP contribution is -2.28. The lowest BCUT2D eigenvalue weighted by molar-refractivity contribution is -0.138. The summed E-state index contributed by atoms with van der Waals surface area (Å²) in [6.45, 7) is 7.00. The minimum atomic E-state index is -0.185. The first-order chi connectivity index (χ1) is 10.7. The van der Waals surface area contributed by atoms with Gasteiger partial charge in [-0.25, -0.2) is 4.79 Å². The quantitative estimate of drug-likeness (QED) is 0.800. The second-order valence-electron chi connectivity index (χ2n) is 5.78. The molecule has 3 rings (SSSR count). The molecule has 0 aliphatic carbocycles. The van der Waals surface area contributed by atoms with Crippen molar-refractivity contribution in [3.63, 3.8) is 0 Å². The summed E-state index contributed by atoms with van der Waals surface area (Å²) in [6, 6.07) is 10.4. The van der Waals surface area contributed by atoms with Crippen molar-refractivity contribution in [2.45, 2.75) is 26.8 Å². The van der Waals surface area contributed by atoms with Crippen molar-refractivity contribution in [2.75, 3.05) is 19.7 Å². The van der Waals surface area contributed by atoms with E-state index in [0.717, 1.165) is 31.0 Å². The van der Waals surface area contributed by atoms with Gasteiger partial charge in [-0.05, 0) is 19.4 Å². The van der Waals surface area contributed by atoms with Gasteiger partial charge in [-0.3, -0.25) is 0 Å². The summed E-state index contributed by atoms with van der Waals surface area (Å²) >= 11 is 0. The molecule has 116 valence electrons. The smallest absolute Gasteiger partial charge is 0.338 e. The number of hydrogen-bond acceptors (Lipinski definition) is 4. The molecule has 0 bridgehead atoms. The Balaban J connectivity index is 1.89. The first-order valence-corrected chi connectivity index (χ1v) is 7.82. The summed E-state index contributed by atoms with van der Waals surface area (Å²) in [7, 11) is 0. The summed E-state index contributed by atoms with van der Waals surface area (Å²) in [5.74, 6) is 0.836. The van der Waals surface area contributed by atoms with Crippen LogP contribution in [-0.4, -0.2) is 35.5 Å². The molecule has 2 aliphatic rings. The Morgan fingerprint density at radius 1 is 1.23 bits per heavy atom. The minimum Gasteiger partial charge on any atom is -0.463 e. The van der Waals surface area contributed by atoms with E-state index in [-0.39, 0.29) is 5.97 Å². The molecule has 1 aromatic rings. The average Bonchev–Trinajstić information content (AvgIpc) is 2.90. The van der Waals surface area contributed by atoms with Gasteiger partial charge in [0.25, 0.3) is 0 Å². The molecule has 2 aliphatic heterocycles. The number of rotatable bonds is 4. The molecule has 1 aromatic carbocycles. The van der Waals surface area contributed by atoms with Crippen molar-refractivity contribution in [3.8, 4) is 0 Å². The molecular weight excluding hydrogens is 276 g/mol. The van der Waals surface area contributed by atoms with Gasteiger partial charge in [0.15, 0.2) is 0 Å². The van der Waals surface area contributed by atoms with Gasteiger partial charge in [0.1, 0.15) is 5.82 Å². The van der Waals surface area contributed by atoms with E-state index < -0.39 is 0 Å². The van der Waals surface area contributed by atoms with E-state index >= 15 is 0 Å². The van der Waals surface area contributed by atoms with Crippen LogP contribution < -0.4 is 0 Å². The highest BCUT2D eigenvalue weighted by atomic mass is 16.5. The summed E-state index contributed by atoms with van der Waals surface area (Å²) in [5, 5.41) is 0. The maximum atomic E-state index is 12.3. The number of allylic oxidation sites excluding steroid dienone is 1. The molecular formula is C18H22N2O2. The third-order valence-corrected chi connectivity index (χ3v) is 4.02. The number of ether oxygens (including phenoxy) is 1. The van der Waals surface area contributed by atoms with Crippen molar-refractivity contribution >= 4 is 5.97 Å². The largest absolute Gasteiger partial charge is 0.463 e. The average molecular weight is 298 g/mol. The molecule has 4 heteroatoms. The third-order valence-electron chi connectivity index (χ3n) is 4.02. The van der Waals surface area contributed by atoms with Gasteiger partial charge in [-0.1, -0.05) is 35.9 Å². The highest BCUT2D eigenvalue weighted by Crippen LogP contribution is 2.32. The Labute approximate surface area is 131 Å². The van der Waals surface area contributed by atoms with Crippen molar-refractivity contribution in [3.05, 3.63) is 59.1 Å². The number of hydrogen-bond donors (Lipinski definition) is 0. The Morgan fingerprint density at radius 3 is 2.73 bits per heavy atom. The van der Waals surface area contributed by atoms with Gasteiger partial charge in [0, 0.05) is 32.3 Å². The molecule has 0 radical (unpaired) electrons. The van der Waals surface area contributed by atoms with Crippen LogP contribution in [0.15, 0.2) is 53.5 Å². The van der Waals surface area contributed by atoms with Crippen LogP contribution in [0.1, 0.15) is 25.8 Å². The summed E-state index contributed by atoms with van der Waals surface area (Å²) in [5.41, 5.74) is 3.25. The molecule has 4 nitrogen and oxygen atoms in total. The predicted molar refractivity (Wildman–Crippen MR) is 85.6 cm³/mol. The molecule has 0 amide bonds. The standard InChI is InChI=1S/C18H22N2O2/c1-3-22-18(21)16-11-14(2)12-19-9-10-20(17(16)19)13-15-7-5-4-6-8-15/h4-8,12H,3,9-11,13H2,1-2H3. The monoisotopic (exact) mass is 298 g/mol. The molecule has 0 aromatic heterocycles. The Hall–Kier alpha value is -2.23. The lowest BCUT2D eigenvalue weighted by Gasteiger charge is -2.29. The maximum absolute atomic E-state index is 12.3. The van der Waals surface area contributed by atoms with Gasteiger partial charge in [0.2, 0.25) is 0 Å². The van der Waals surface area contributed by atoms with E-state index in [1.807, 2.05) is 13.0 Å². The molecule has 0 atom stereocenters. The van der Waals surface area contributed by atoms with Crippen LogP contribution >= 0.6 is 0 Å². The Morgan fingerprint density at radius 2 is 2.00 bits per heavy atom. The van der Waals surface area contributed by atoms with Crippen LogP contribution in [0.5, 0.6) is 0 Å². The lowest BCUT2D eigenvalue weighted by atomic mass is 10.0. The second kappa shape index (κ2) is 6.26. The van der Waals surface area contributed by atoms with E-state index in [1.54, 1.807) is 0 Å². The van der Waals surface area contributed by atoms with E-state index in [2.05, 4.69) is 47.2 Å². The molecule has 0 spiro atoms. The van der Waals surface area contributed by atoms with E-state index in [0.29, 0.717) is 13.0 Å². The molecule has 0 saturated carbocycles. The number of carbonyl (C=O) groups is 1. The molecule has 0 N–H and O–H groups in total. The fourth-order valence-electron chi connectivity index (χ4n) is 3.12. The van der Waals surface area contributed by atoms with Gasteiger partial charge in [0.05, 0.1) is 12.2 Å². The SMILES string of the molecule is CCOC(=O)C1=C2N(C=C(C)C1)CCN2Cc1ccccc1. The highest BCUT2D eigenvalue weighted by molar-refractivity contribution is 5.90. The summed E-state index contributed by atoms with van der Waals surface area (Å²) in [4.78, 5) is 16.8. The molecule has 0 unspecified atom stereocenters. The van der Waals surface area contributed by atoms with Gasteiger partial charge >= 0.3 is 5.97 Å². The molecule has 2 heterocycles. The topological polar surface area (TPSA) is 32.8 Å². The van der Waals surface area contributed by atoms with Crippen molar-refractivity contribution in [2.24, 2.45) is 0 Å². The number of nitrogens with zero attached hydrogens (tertiary/aromatic N) is 2. The normalized spacial score (nSPS) is 17.5. The zero-order chi connectivity index (χ0) is 15.5. The van der Waals surface area contributed by atoms with Gasteiger partial charge in [-0.2, -0.15) is 0 Å². The maximum Gasteiger partial charge on any atom is 0.338 e. The van der Waals surface area contributed by atoms with Gasteiger partial charge in [-0.15, -0.1) is 0 Å². The number of fused-ring (bicyclic) bond motifs is 1. The number of benzene rings is 1. The second-order valence-corrected chi connectivity index (χ2v) is 5.78. The zero-order valence-corrected chi connectivity index (χ0v) is 13.2. The van der Waals surface area contributed by atoms with Crippen molar-refractivity contribution in [1.29, 1.82) is 0 Å². The summed E-state index contributed by atoms with van der Waals surface area (Å²) in [6.07, 6.45) is 2.83. The fourth-order valence-corrected chi connectivity index (χ4v) is 3.12. The minimum absolute atomic E-state index is 0.185. The predicted octanol–water partition coefficient (Wildman–Crippen LogP) is 2.89. The Kier molecular flexibility index (Phi) is 4.18. The molecule has 22 heavy (non-hydrogen) atoms. The third kappa shape index (κ3) is 2.86. The van der Waals surface area contributed by atoms with Crippen LogP contribution in [0.4, 0.5) is 0 Å². The first kappa shape index (κ1) is 14.7. The van der Waals surface area contributed by atoms with Crippen LogP contribution in [0, 0.1) is 0 Å². The summed E-state index contributed by atoms with van der Waals surface area (Å²) < 4.78 is 5.26. The van der Waals surface area contributed by atoms with Crippen molar-refractivity contribution < 1.29 is 9.53 Å². The van der Waals surface area contributed by atoms with Gasteiger partial charge < -0.3 is 14.5 Å². The molecule has 1 fully saturated rings. The number of esters is 1. The van der Waals surface area contributed by atoms with Crippen LogP contribution in [-0.2, 0) is 16.1 Å². The highest BCUT2D eigenvalue weighted by Gasteiger charge is 2.33. The zero-order valence-electron chi connectivity index (χ0n) is 13.2. The fraction of sp³-hybridized carbons (Fsp3) is 0.389. The van der Waals surface area contributed by atoms with E-state index in [4.69, 9.17) is 4.74 Å². The number of carbonyl (C=O) groups excluding carboxylic acids is 1. The van der Waals surface area contributed by atoms with Crippen LogP contribution in [0.2, 0.25) is 0 Å². The van der Waals surface area contributed by atoms with E-state index in [1.165, 1.54) is 11.1 Å². The van der Waals surface area contributed by atoms with Crippen LogP contribution in [0.3, 0.4) is 0 Å². The van der Waals surface area contributed by atoms with Crippen molar-refractivity contribution in [1.82, 2.24) is 9.80 Å². The van der Waals surface area contributed by atoms with Crippen LogP contribution in [0.25, 0.3) is 0 Å².